The van der Waals surface area contributed by atoms with E-state index in [0.717, 1.165) is 0 Å². The van der Waals surface area contributed by atoms with E-state index in [9.17, 15) is 24.6 Å². The molecule has 2 bridgehead atoms. The summed E-state index contributed by atoms with van der Waals surface area (Å²) in [4.78, 5) is 42.9. The molecule has 1 spiro atoms. The van der Waals surface area contributed by atoms with Gasteiger partial charge in [-0.05, 0) is 32.3 Å². The van der Waals surface area contributed by atoms with Crippen molar-refractivity contribution < 1.29 is 29.3 Å². The summed E-state index contributed by atoms with van der Waals surface area (Å²) in [5, 5.41) is 20.2. The highest BCUT2D eigenvalue weighted by atomic mass is 16.5. The molecule has 32 heavy (non-hydrogen) atoms. The van der Waals surface area contributed by atoms with Crippen LogP contribution in [-0.4, -0.2) is 74.7 Å². The number of carboxylic acid groups (broad SMARTS) is 1. The molecule has 3 saturated heterocycles. The van der Waals surface area contributed by atoms with E-state index in [2.05, 4.69) is 6.58 Å². The number of aliphatic hydroxyl groups excluding tert-OH is 1. The quantitative estimate of drug-likeness (QED) is 0.593. The lowest BCUT2D eigenvalue weighted by Crippen LogP contribution is -2.58. The average Bonchev–Trinajstić information content (AvgIpc) is 3.41. The Kier molecular flexibility index (Phi) is 5.85. The van der Waals surface area contributed by atoms with E-state index in [4.69, 9.17) is 4.74 Å². The highest BCUT2D eigenvalue weighted by Gasteiger charge is 2.75. The third-order valence-corrected chi connectivity index (χ3v) is 7.18. The van der Waals surface area contributed by atoms with E-state index in [-0.39, 0.29) is 18.5 Å². The van der Waals surface area contributed by atoms with Crippen LogP contribution in [0.1, 0.15) is 38.3 Å². The van der Waals surface area contributed by atoms with Gasteiger partial charge in [-0.25, -0.2) is 0 Å². The number of nitrogens with zero attached hydrogens (tertiary/aromatic N) is 2. The van der Waals surface area contributed by atoms with E-state index >= 15 is 0 Å². The summed E-state index contributed by atoms with van der Waals surface area (Å²) in [5.74, 6) is -3.79. The Morgan fingerprint density at radius 3 is 2.59 bits per heavy atom. The standard InChI is InChI=1S/C24H30N2O6/c1-4-12-25(14(2)3)22(29)20-24-11-10-17(32-24)18(23(30)31)19(24)21(28)26(20)16(13-27)15-8-6-5-7-9-15/h4-9,14,16-20,27H,1,10-13H2,2-3H3,(H,30,31)/t16-,17-,18+,19+,20?,24?/m1/s1. The van der Waals surface area contributed by atoms with Crippen LogP contribution in [0.15, 0.2) is 43.0 Å². The van der Waals surface area contributed by atoms with Crippen LogP contribution in [0.5, 0.6) is 0 Å². The Bertz CT molecular complexity index is 918. The maximum atomic E-state index is 14.0. The van der Waals surface area contributed by atoms with Crippen molar-refractivity contribution in [2.24, 2.45) is 11.8 Å². The minimum absolute atomic E-state index is 0.161. The molecule has 8 nitrogen and oxygen atoms in total. The third-order valence-electron chi connectivity index (χ3n) is 7.18. The second-order valence-corrected chi connectivity index (χ2v) is 9.12. The molecule has 3 heterocycles. The summed E-state index contributed by atoms with van der Waals surface area (Å²) in [6.45, 7) is 7.40. The number of carboxylic acids is 1. The van der Waals surface area contributed by atoms with Gasteiger partial charge in [0.1, 0.15) is 11.6 Å². The van der Waals surface area contributed by atoms with Gasteiger partial charge in [-0.1, -0.05) is 36.4 Å². The van der Waals surface area contributed by atoms with E-state index in [1.165, 1.54) is 4.90 Å². The zero-order valence-corrected chi connectivity index (χ0v) is 18.4. The molecule has 6 atom stereocenters. The fraction of sp³-hybridized carbons (Fsp3) is 0.542. The number of ether oxygens (including phenoxy) is 1. The summed E-state index contributed by atoms with van der Waals surface area (Å²) in [7, 11) is 0. The molecule has 2 unspecified atom stereocenters. The van der Waals surface area contributed by atoms with E-state index < -0.39 is 54.1 Å². The highest BCUT2D eigenvalue weighted by molar-refractivity contribution is 5.98. The molecule has 3 aliphatic heterocycles. The lowest BCUT2D eigenvalue weighted by Gasteiger charge is -2.40. The molecule has 0 aliphatic carbocycles. The van der Waals surface area contributed by atoms with Gasteiger partial charge in [-0.15, -0.1) is 6.58 Å². The lowest BCUT2D eigenvalue weighted by atomic mass is 9.70. The normalized spacial score (nSPS) is 31.6. The van der Waals surface area contributed by atoms with Crippen molar-refractivity contribution >= 4 is 17.8 Å². The number of hydrogen-bond donors (Lipinski definition) is 2. The van der Waals surface area contributed by atoms with Gasteiger partial charge in [-0.2, -0.15) is 0 Å². The van der Waals surface area contributed by atoms with Crippen LogP contribution >= 0.6 is 0 Å². The largest absolute Gasteiger partial charge is 0.481 e. The molecule has 0 aromatic heterocycles. The molecule has 0 radical (unpaired) electrons. The van der Waals surface area contributed by atoms with Gasteiger partial charge in [-0.3, -0.25) is 14.4 Å². The zero-order valence-electron chi connectivity index (χ0n) is 18.4. The lowest BCUT2D eigenvalue weighted by molar-refractivity contribution is -0.154. The molecule has 3 aliphatic rings. The minimum atomic E-state index is -1.21. The van der Waals surface area contributed by atoms with Crippen molar-refractivity contribution in [3.63, 3.8) is 0 Å². The second-order valence-electron chi connectivity index (χ2n) is 9.12. The topological polar surface area (TPSA) is 107 Å². The fourth-order valence-electron chi connectivity index (χ4n) is 5.87. The van der Waals surface area contributed by atoms with E-state index in [1.807, 2.05) is 19.9 Å². The Labute approximate surface area is 187 Å². The molecular weight excluding hydrogens is 412 g/mol. The van der Waals surface area contributed by atoms with E-state index in [0.29, 0.717) is 18.4 Å². The monoisotopic (exact) mass is 442 g/mol. The number of carbonyl (C=O) groups excluding carboxylic acids is 2. The highest BCUT2D eigenvalue weighted by Crippen LogP contribution is 2.59. The van der Waals surface area contributed by atoms with Crippen LogP contribution in [-0.2, 0) is 19.1 Å². The van der Waals surface area contributed by atoms with Crippen LogP contribution in [0.2, 0.25) is 0 Å². The molecule has 0 saturated carbocycles. The van der Waals surface area contributed by atoms with Crippen LogP contribution < -0.4 is 0 Å². The molecule has 2 amide bonds. The van der Waals surface area contributed by atoms with Crippen LogP contribution in [0.3, 0.4) is 0 Å². The third kappa shape index (κ3) is 3.16. The molecule has 4 rings (SSSR count). The van der Waals surface area contributed by atoms with Crippen molar-refractivity contribution in [1.29, 1.82) is 0 Å². The zero-order chi connectivity index (χ0) is 23.2. The van der Waals surface area contributed by atoms with Gasteiger partial charge in [0.05, 0.1) is 30.6 Å². The summed E-state index contributed by atoms with van der Waals surface area (Å²) >= 11 is 0. The van der Waals surface area contributed by atoms with Gasteiger partial charge >= 0.3 is 5.97 Å². The number of aliphatic carboxylic acids is 1. The predicted octanol–water partition coefficient (Wildman–Crippen LogP) is 1.60. The maximum Gasteiger partial charge on any atom is 0.310 e. The van der Waals surface area contributed by atoms with Crippen LogP contribution in [0, 0.1) is 11.8 Å². The second kappa shape index (κ2) is 8.33. The fourth-order valence-corrected chi connectivity index (χ4v) is 5.87. The summed E-state index contributed by atoms with van der Waals surface area (Å²) < 4.78 is 6.23. The molecule has 172 valence electrons. The first-order valence-electron chi connectivity index (χ1n) is 11.1. The number of carbonyl (C=O) groups is 3. The predicted molar refractivity (Wildman–Crippen MR) is 115 cm³/mol. The molecular formula is C24H30N2O6. The first-order valence-corrected chi connectivity index (χ1v) is 11.1. The average molecular weight is 443 g/mol. The Morgan fingerprint density at radius 2 is 2.03 bits per heavy atom. The molecule has 8 heteroatoms. The van der Waals surface area contributed by atoms with Crippen LogP contribution in [0.4, 0.5) is 0 Å². The molecule has 1 aromatic rings. The number of likely N-dealkylation sites (tertiary alicyclic amines) is 1. The van der Waals surface area contributed by atoms with Gasteiger partial charge in [0, 0.05) is 12.6 Å². The number of fused-ring (bicyclic) bond motifs is 1. The SMILES string of the molecule is C=CCN(C(=O)C1N([C@H](CO)c2ccccc2)C(=O)[C@@H]2[C@@H](C(=O)O)[C@H]3CCC12O3)C(C)C. The van der Waals surface area contributed by atoms with E-state index in [1.54, 1.807) is 35.2 Å². The number of hydrogen-bond acceptors (Lipinski definition) is 5. The minimum Gasteiger partial charge on any atom is -0.481 e. The van der Waals surface area contributed by atoms with Crippen molar-refractivity contribution in [2.75, 3.05) is 13.2 Å². The smallest absolute Gasteiger partial charge is 0.310 e. The number of aliphatic hydroxyl groups is 1. The Balaban J connectivity index is 1.85. The van der Waals surface area contributed by atoms with Crippen molar-refractivity contribution in [3.8, 4) is 0 Å². The Morgan fingerprint density at radius 1 is 1.34 bits per heavy atom. The first-order chi connectivity index (χ1) is 15.3. The van der Waals surface area contributed by atoms with Gasteiger partial charge in [0.2, 0.25) is 11.8 Å². The van der Waals surface area contributed by atoms with Crippen molar-refractivity contribution in [1.82, 2.24) is 9.80 Å². The number of rotatable bonds is 8. The first kappa shape index (κ1) is 22.5. The molecule has 2 N–H and O–H groups in total. The van der Waals surface area contributed by atoms with Crippen molar-refractivity contribution in [3.05, 3.63) is 48.6 Å². The Hall–Kier alpha value is -2.71. The summed E-state index contributed by atoms with van der Waals surface area (Å²) in [5.41, 5.74) is -0.531. The number of amides is 2. The van der Waals surface area contributed by atoms with Gasteiger partial charge in [0.15, 0.2) is 0 Å². The van der Waals surface area contributed by atoms with Gasteiger partial charge < -0.3 is 24.7 Å². The van der Waals surface area contributed by atoms with Gasteiger partial charge in [0.25, 0.3) is 0 Å². The summed E-state index contributed by atoms with van der Waals surface area (Å²) in [6.07, 6.45) is 1.95. The maximum absolute atomic E-state index is 14.0. The van der Waals surface area contributed by atoms with Crippen molar-refractivity contribution in [2.45, 2.75) is 56.5 Å². The molecule has 3 fully saturated rings. The van der Waals surface area contributed by atoms with Crippen LogP contribution in [0.25, 0.3) is 0 Å². The molecule has 1 aromatic carbocycles. The summed E-state index contributed by atoms with van der Waals surface area (Å²) in [6, 6.07) is 7.04. The number of benzene rings is 1.